The van der Waals surface area contributed by atoms with Crippen LogP contribution in [-0.4, -0.2) is 74.2 Å². The third-order valence-electron chi connectivity index (χ3n) is 5.14. The lowest BCUT2D eigenvalue weighted by molar-refractivity contribution is -0.149. The molecule has 1 aromatic heterocycles. The number of H-pyrrole nitrogens is 1. The van der Waals surface area contributed by atoms with Gasteiger partial charge in [0.2, 0.25) is 0 Å². The first-order chi connectivity index (χ1) is 17.9. The number of aromatic amines is 1. The molecule has 222 valence electrons. The smallest absolute Gasteiger partial charge is 0.330 e. The van der Waals surface area contributed by atoms with Gasteiger partial charge < -0.3 is 23.6 Å². The van der Waals surface area contributed by atoms with E-state index >= 15 is 4.39 Å². The van der Waals surface area contributed by atoms with Gasteiger partial charge in [0, 0.05) is 23.4 Å². The molecule has 2 rings (SSSR count). The fourth-order valence-electron chi connectivity index (χ4n) is 3.13. The maximum absolute atomic E-state index is 15.3. The first-order valence-corrected chi connectivity index (χ1v) is 15.9. The minimum absolute atomic E-state index is 0.0330. The summed E-state index contributed by atoms with van der Waals surface area (Å²) >= 11 is 12.5. The van der Waals surface area contributed by atoms with Crippen molar-refractivity contribution in [1.29, 1.82) is 0 Å². The van der Waals surface area contributed by atoms with Crippen LogP contribution in [0.5, 0.6) is 0 Å². The van der Waals surface area contributed by atoms with Crippen molar-refractivity contribution in [2.75, 3.05) is 19.0 Å². The van der Waals surface area contributed by atoms with Gasteiger partial charge in [0.1, 0.15) is 18.2 Å². The van der Waals surface area contributed by atoms with Gasteiger partial charge in [-0.2, -0.15) is 0 Å². The second kappa shape index (κ2) is 13.7. The van der Waals surface area contributed by atoms with Crippen molar-refractivity contribution >= 4 is 52.9 Å². The van der Waals surface area contributed by atoms with Crippen molar-refractivity contribution in [1.82, 2.24) is 14.6 Å². The maximum atomic E-state index is 15.3. The highest BCUT2D eigenvalue weighted by atomic mass is 35.5. The lowest BCUT2D eigenvalue weighted by Gasteiger charge is -2.28. The summed E-state index contributed by atoms with van der Waals surface area (Å²) in [6, 6.07) is 0.00297. The number of rotatable bonds is 12. The van der Waals surface area contributed by atoms with E-state index in [2.05, 4.69) is 5.09 Å². The molecule has 0 saturated carbocycles. The quantitative estimate of drug-likeness (QED) is 0.134. The number of halogens is 2. The maximum Gasteiger partial charge on any atom is 0.330 e. The fraction of sp³-hybridized carbons (Fsp3) is 0.727. The largest absolute Gasteiger partial charge is 0.462 e. The lowest BCUT2D eigenvalue weighted by Crippen LogP contribution is -2.42. The van der Waals surface area contributed by atoms with E-state index in [9.17, 15) is 24.3 Å². The van der Waals surface area contributed by atoms with Crippen molar-refractivity contribution in [3.05, 3.63) is 33.1 Å². The van der Waals surface area contributed by atoms with Crippen LogP contribution in [0.3, 0.4) is 0 Å². The molecule has 6 atom stereocenters. The van der Waals surface area contributed by atoms with Crippen LogP contribution in [0.1, 0.15) is 47.8 Å². The number of aliphatic hydroxyl groups is 1. The summed E-state index contributed by atoms with van der Waals surface area (Å²) in [5, 5.41) is 10.3. The van der Waals surface area contributed by atoms with Crippen molar-refractivity contribution < 1.29 is 37.6 Å². The van der Waals surface area contributed by atoms with Gasteiger partial charge in [-0.3, -0.25) is 23.9 Å². The zero-order chi connectivity index (χ0) is 29.8. The normalized spacial score (nSPS) is 25.8. The van der Waals surface area contributed by atoms with E-state index in [-0.39, 0.29) is 17.5 Å². The SMILES string of the molecule is CC(C)OC(=O)C(C)NP(=S)(OCCSC(=O)C(C)(C)C)OC[C@H]1O[C@@H](n2ccc(=O)[nH]c2=O)[C@](F)(Cl)[C@@H]1O. The molecule has 1 aromatic rings. The number of hydrogen-bond acceptors (Lipinski definition) is 11. The summed E-state index contributed by atoms with van der Waals surface area (Å²) in [7, 11) is 0. The number of thioether (sulfide) groups is 1. The summed E-state index contributed by atoms with van der Waals surface area (Å²) < 4.78 is 38.2. The number of carbonyl (C=O) groups is 2. The molecule has 12 nitrogen and oxygen atoms in total. The predicted molar refractivity (Wildman–Crippen MR) is 148 cm³/mol. The highest BCUT2D eigenvalue weighted by molar-refractivity contribution is 8.13. The average Bonchev–Trinajstić information content (AvgIpc) is 3.03. The Morgan fingerprint density at radius 2 is 2.00 bits per heavy atom. The number of carbonyl (C=O) groups excluding carboxylic acids is 2. The molecule has 0 spiro atoms. The Bertz CT molecular complexity index is 1190. The molecule has 1 fully saturated rings. The molecular weight excluding hydrogens is 600 g/mol. The second-order valence-electron chi connectivity index (χ2n) is 10.0. The van der Waals surface area contributed by atoms with Crippen molar-refractivity contribution in [3.63, 3.8) is 0 Å². The number of aliphatic hydroxyl groups excluding tert-OH is 1. The molecule has 2 unspecified atom stereocenters. The first kappa shape index (κ1) is 34.0. The number of nitrogens with one attached hydrogen (secondary N) is 2. The molecule has 3 N–H and O–H groups in total. The standard InChI is InChI=1S/C22H34ClFN3O9PS2/c1-12(2)35-17(30)13(3)26-37(38,33-9-10-39-19(31)21(4,5)6)34-11-14-16(29)22(23,24)18(36-14)27-8-7-15(28)25-20(27)32/h7-8,12-14,16,18,29H,9-11H2,1-6H3,(H,26,38)(H,25,28,32)/t13?,14-,16-,18-,22+,37?/m1/s1. The van der Waals surface area contributed by atoms with E-state index in [1.807, 2.05) is 4.98 Å². The number of esters is 1. The van der Waals surface area contributed by atoms with Crippen LogP contribution in [0.25, 0.3) is 0 Å². The summed E-state index contributed by atoms with van der Waals surface area (Å²) in [5.41, 5.74) is -2.28. The monoisotopic (exact) mass is 633 g/mol. The molecule has 1 saturated heterocycles. The minimum Gasteiger partial charge on any atom is -0.462 e. The third-order valence-corrected chi connectivity index (χ3v) is 9.46. The highest BCUT2D eigenvalue weighted by Gasteiger charge is 2.58. The zero-order valence-electron chi connectivity index (χ0n) is 22.3. The van der Waals surface area contributed by atoms with Gasteiger partial charge in [0.05, 0.1) is 19.3 Å². The fourth-order valence-corrected chi connectivity index (χ4v) is 6.70. The average molecular weight is 634 g/mol. The van der Waals surface area contributed by atoms with E-state index in [0.29, 0.717) is 4.57 Å². The van der Waals surface area contributed by atoms with Gasteiger partial charge in [0.25, 0.3) is 17.3 Å². The summed E-state index contributed by atoms with van der Waals surface area (Å²) in [5.74, 6) is -0.388. The Hall–Kier alpha value is -1.16. The molecule has 0 aromatic carbocycles. The number of alkyl halides is 2. The van der Waals surface area contributed by atoms with Crippen LogP contribution in [0.4, 0.5) is 4.39 Å². The zero-order valence-corrected chi connectivity index (χ0v) is 25.6. The molecule has 2 heterocycles. The van der Waals surface area contributed by atoms with Crippen LogP contribution < -0.4 is 16.3 Å². The van der Waals surface area contributed by atoms with Gasteiger partial charge in [-0.25, -0.2) is 14.3 Å². The molecule has 39 heavy (non-hydrogen) atoms. The molecular formula is C22H34ClFN3O9PS2. The van der Waals surface area contributed by atoms with Gasteiger partial charge in [0.15, 0.2) is 11.3 Å². The summed E-state index contributed by atoms with van der Waals surface area (Å²) in [4.78, 5) is 50.0. The van der Waals surface area contributed by atoms with Crippen LogP contribution >= 0.6 is 30.0 Å². The number of aromatic nitrogens is 2. The van der Waals surface area contributed by atoms with Crippen LogP contribution in [0.15, 0.2) is 21.9 Å². The Morgan fingerprint density at radius 1 is 1.36 bits per heavy atom. The van der Waals surface area contributed by atoms with Crippen molar-refractivity contribution in [3.8, 4) is 0 Å². The highest BCUT2D eigenvalue weighted by Crippen LogP contribution is 2.48. The molecule has 1 aliphatic heterocycles. The molecule has 0 bridgehead atoms. The number of ether oxygens (including phenoxy) is 2. The van der Waals surface area contributed by atoms with Crippen molar-refractivity contribution in [2.45, 2.75) is 77.3 Å². The molecule has 17 heteroatoms. The lowest BCUT2D eigenvalue weighted by atomic mass is 10.00. The van der Waals surface area contributed by atoms with Gasteiger partial charge in [-0.1, -0.05) is 44.1 Å². The third kappa shape index (κ3) is 9.44. The van der Waals surface area contributed by atoms with Gasteiger partial charge in [-0.05, 0) is 32.6 Å². The second-order valence-corrected chi connectivity index (χ2v) is 14.9. The Morgan fingerprint density at radius 3 is 2.56 bits per heavy atom. The van der Waals surface area contributed by atoms with E-state index in [1.165, 1.54) is 6.92 Å². The van der Waals surface area contributed by atoms with Crippen LogP contribution in [0.2, 0.25) is 0 Å². The molecule has 1 aliphatic rings. The molecule has 0 aliphatic carbocycles. The predicted octanol–water partition coefficient (Wildman–Crippen LogP) is 2.19. The summed E-state index contributed by atoms with van der Waals surface area (Å²) in [6.45, 7) is 6.09. The number of hydrogen-bond donors (Lipinski definition) is 3. The number of nitrogens with zero attached hydrogens (tertiary/aromatic N) is 1. The Balaban J connectivity index is 2.16. The first-order valence-electron chi connectivity index (χ1n) is 11.9. The Labute approximate surface area is 239 Å². The van der Waals surface area contributed by atoms with Gasteiger partial charge >= 0.3 is 11.7 Å². The van der Waals surface area contributed by atoms with Crippen molar-refractivity contribution in [2.24, 2.45) is 5.41 Å². The van der Waals surface area contributed by atoms with Crippen LogP contribution in [0, 0.1) is 5.41 Å². The topological polar surface area (TPSA) is 158 Å². The van der Waals surface area contributed by atoms with Crippen LogP contribution in [-0.2, 0) is 39.9 Å². The minimum atomic E-state index is -3.52. The van der Waals surface area contributed by atoms with E-state index in [1.54, 1.807) is 34.6 Å². The molecule has 0 radical (unpaired) electrons. The molecule has 0 amide bonds. The van der Waals surface area contributed by atoms with E-state index < -0.39 is 71.6 Å². The summed E-state index contributed by atoms with van der Waals surface area (Å²) in [6.07, 6.45) is -4.61. The van der Waals surface area contributed by atoms with E-state index in [0.717, 1.165) is 24.0 Å². The Kier molecular flexibility index (Phi) is 11.9. The van der Waals surface area contributed by atoms with E-state index in [4.69, 9.17) is 41.9 Å². The van der Waals surface area contributed by atoms with Gasteiger partial charge in [-0.15, -0.1) is 0 Å².